The van der Waals surface area contributed by atoms with E-state index in [2.05, 4.69) is 0 Å². The molecule has 3 nitrogen and oxygen atoms in total. The smallest absolute Gasteiger partial charge is 0.191 e. The van der Waals surface area contributed by atoms with E-state index in [4.69, 9.17) is 5.26 Å². The van der Waals surface area contributed by atoms with Crippen LogP contribution in [0.3, 0.4) is 0 Å². The Morgan fingerprint density at radius 3 is 2.25 bits per heavy atom. The van der Waals surface area contributed by atoms with Crippen molar-refractivity contribution in [2.45, 2.75) is 0 Å². The van der Waals surface area contributed by atoms with Gasteiger partial charge in [0.1, 0.15) is 6.07 Å². The molecular weight excluding hydrogens is 174 g/mol. The first-order valence-corrected chi connectivity index (χ1v) is 4.25. The van der Waals surface area contributed by atoms with E-state index in [9.17, 15) is 8.42 Å². The van der Waals surface area contributed by atoms with Gasteiger partial charge in [-0.1, -0.05) is 30.3 Å². The summed E-state index contributed by atoms with van der Waals surface area (Å²) in [5, 5.41) is 8.47. The monoisotopic (exact) mass is 179 g/mol. The Morgan fingerprint density at radius 1 is 1.25 bits per heavy atom. The largest absolute Gasteiger partial charge is 0.232 e. The van der Waals surface area contributed by atoms with E-state index in [1.165, 1.54) is 0 Å². The first-order valence-electron chi connectivity index (χ1n) is 3.17. The third kappa shape index (κ3) is 1.71. The minimum absolute atomic E-state index is 0.226. The molecule has 0 aliphatic carbocycles. The second kappa shape index (κ2) is 3.69. The average molecular weight is 179 g/mol. The molecule has 0 spiro atoms. The standard InChI is InChI=1S/C8H5NO2S/c9-6-8(12(10)11)7-4-2-1-3-5-7/h1-5H. The fourth-order valence-electron chi connectivity index (χ4n) is 0.788. The van der Waals surface area contributed by atoms with E-state index in [1.807, 2.05) is 0 Å². The summed E-state index contributed by atoms with van der Waals surface area (Å²) in [5.41, 5.74) is 0.424. The van der Waals surface area contributed by atoms with Crippen LogP contribution in [0.2, 0.25) is 0 Å². The summed E-state index contributed by atoms with van der Waals surface area (Å²) in [6, 6.07) is 9.89. The van der Waals surface area contributed by atoms with Gasteiger partial charge in [-0.25, -0.2) is 0 Å². The minimum Gasteiger partial charge on any atom is -0.191 e. The molecule has 0 aliphatic heterocycles. The summed E-state index contributed by atoms with van der Waals surface area (Å²) < 4.78 is 20.9. The summed E-state index contributed by atoms with van der Waals surface area (Å²) in [5.74, 6) is 0. The molecule has 4 heteroatoms. The molecule has 1 aromatic carbocycles. The van der Waals surface area contributed by atoms with Crippen LogP contribution in [0.5, 0.6) is 0 Å². The second-order valence-electron chi connectivity index (χ2n) is 2.04. The van der Waals surface area contributed by atoms with Gasteiger partial charge in [0.05, 0.1) is 0 Å². The van der Waals surface area contributed by atoms with Gasteiger partial charge in [0, 0.05) is 5.56 Å². The average Bonchev–Trinajstić information content (AvgIpc) is 2.07. The number of hydrogen-bond donors (Lipinski definition) is 0. The number of nitriles is 1. The van der Waals surface area contributed by atoms with E-state index in [1.54, 1.807) is 36.4 Å². The van der Waals surface area contributed by atoms with E-state index >= 15 is 0 Å². The lowest BCUT2D eigenvalue weighted by molar-refractivity contribution is 0.627. The molecule has 0 aliphatic rings. The van der Waals surface area contributed by atoms with Crippen LogP contribution in [-0.4, -0.2) is 13.3 Å². The van der Waals surface area contributed by atoms with E-state index in [0.717, 1.165) is 0 Å². The first-order chi connectivity index (χ1) is 5.75. The molecule has 1 rings (SSSR count). The Hall–Kier alpha value is -1.60. The molecule has 0 amide bonds. The Morgan fingerprint density at radius 2 is 1.83 bits per heavy atom. The van der Waals surface area contributed by atoms with Crippen LogP contribution in [0.25, 0.3) is 0 Å². The lowest BCUT2D eigenvalue weighted by Crippen LogP contribution is -1.97. The normalized spacial score (nSPS) is 8.58. The zero-order valence-corrected chi connectivity index (χ0v) is 6.88. The van der Waals surface area contributed by atoms with Gasteiger partial charge in [-0.2, -0.15) is 13.7 Å². The highest BCUT2D eigenvalue weighted by atomic mass is 32.2. The molecule has 0 atom stereocenters. The van der Waals surface area contributed by atoms with Crippen LogP contribution in [0, 0.1) is 11.3 Å². The minimum atomic E-state index is -2.45. The second-order valence-corrected chi connectivity index (χ2v) is 2.92. The van der Waals surface area contributed by atoms with Gasteiger partial charge in [0.2, 0.25) is 10.3 Å². The summed E-state index contributed by atoms with van der Waals surface area (Å²) in [6.45, 7) is 0. The fraction of sp³-hybridized carbons (Fsp3) is 0. The van der Waals surface area contributed by atoms with Crippen molar-refractivity contribution < 1.29 is 8.42 Å². The maximum atomic E-state index is 10.5. The molecule has 1 aromatic rings. The number of rotatable bonds is 1. The number of hydrogen-bond acceptors (Lipinski definition) is 3. The van der Waals surface area contributed by atoms with Crippen LogP contribution in [0.4, 0.5) is 0 Å². The highest BCUT2D eigenvalue weighted by molar-refractivity contribution is 7.74. The van der Waals surface area contributed by atoms with Crippen molar-refractivity contribution >= 4 is 15.2 Å². The predicted molar refractivity (Wildman–Crippen MR) is 45.1 cm³/mol. The summed E-state index contributed by atoms with van der Waals surface area (Å²) in [6.07, 6.45) is 0. The van der Waals surface area contributed by atoms with Gasteiger partial charge in [-0.3, -0.25) is 0 Å². The molecule has 0 aromatic heterocycles. The Kier molecular flexibility index (Phi) is 2.62. The number of nitrogens with zero attached hydrogens (tertiary/aromatic N) is 1. The Bertz CT molecular complexity index is 432. The predicted octanol–water partition coefficient (Wildman–Crippen LogP) is 0.610. The van der Waals surface area contributed by atoms with Gasteiger partial charge < -0.3 is 0 Å². The van der Waals surface area contributed by atoms with Crippen LogP contribution in [-0.2, 0) is 10.3 Å². The molecule has 0 saturated heterocycles. The third-order valence-electron chi connectivity index (χ3n) is 1.30. The van der Waals surface area contributed by atoms with Crippen LogP contribution in [0.1, 0.15) is 5.56 Å². The van der Waals surface area contributed by atoms with Gasteiger partial charge in [-0.05, 0) is 0 Å². The lowest BCUT2D eigenvalue weighted by atomic mass is 10.2. The van der Waals surface area contributed by atoms with Crippen molar-refractivity contribution in [1.29, 1.82) is 5.26 Å². The van der Waals surface area contributed by atoms with Gasteiger partial charge in [0.15, 0.2) is 4.86 Å². The van der Waals surface area contributed by atoms with Crippen LogP contribution < -0.4 is 0 Å². The molecular formula is C8H5NO2S. The molecule has 0 saturated carbocycles. The molecule has 0 unspecified atom stereocenters. The van der Waals surface area contributed by atoms with E-state index in [-0.39, 0.29) is 4.86 Å². The molecule has 60 valence electrons. The summed E-state index contributed by atoms with van der Waals surface area (Å²) >= 11 is 0. The number of benzene rings is 1. The third-order valence-corrected chi connectivity index (χ3v) is 1.96. The molecule has 0 fully saturated rings. The quantitative estimate of drug-likeness (QED) is 0.468. The zero-order valence-electron chi connectivity index (χ0n) is 6.06. The van der Waals surface area contributed by atoms with Crippen molar-refractivity contribution in [2.75, 3.05) is 0 Å². The molecule has 0 radical (unpaired) electrons. The Balaban J connectivity index is 3.36. The molecule has 0 N–H and O–H groups in total. The van der Waals surface area contributed by atoms with E-state index in [0.29, 0.717) is 5.56 Å². The maximum Gasteiger partial charge on any atom is 0.232 e. The molecule has 0 bridgehead atoms. The summed E-state index contributed by atoms with van der Waals surface area (Å²) in [7, 11) is -2.45. The topological polar surface area (TPSA) is 57.9 Å². The van der Waals surface area contributed by atoms with Gasteiger partial charge >= 0.3 is 0 Å². The van der Waals surface area contributed by atoms with Crippen molar-refractivity contribution in [3.63, 3.8) is 0 Å². The first kappa shape index (κ1) is 8.50. The van der Waals surface area contributed by atoms with Crippen LogP contribution >= 0.6 is 0 Å². The zero-order chi connectivity index (χ0) is 8.97. The van der Waals surface area contributed by atoms with E-state index < -0.39 is 10.3 Å². The van der Waals surface area contributed by atoms with Gasteiger partial charge in [0.25, 0.3) is 0 Å². The highest BCUT2D eigenvalue weighted by Gasteiger charge is 2.01. The maximum absolute atomic E-state index is 10.5. The highest BCUT2D eigenvalue weighted by Crippen LogP contribution is 1.98. The molecule has 12 heavy (non-hydrogen) atoms. The van der Waals surface area contributed by atoms with Crippen LogP contribution in [0.15, 0.2) is 30.3 Å². The van der Waals surface area contributed by atoms with Crippen molar-refractivity contribution in [3.8, 4) is 6.07 Å². The SMILES string of the molecule is N#CC(c1ccccc1)=S(=O)=O. The lowest BCUT2D eigenvalue weighted by Gasteiger charge is -1.90. The Labute approximate surface area is 71.4 Å². The molecule has 0 heterocycles. The summed E-state index contributed by atoms with van der Waals surface area (Å²) in [4.78, 5) is -0.226. The van der Waals surface area contributed by atoms with Gasteiger partial charge in [-0.15, -0.1) is 0 Å². The van der Waals surface area contributed by atoms with Crippen molar-refractivity contribution in [1.82, 2.24) is 0 Å². The van der Waals surface area contributed by atoms with Crippen molar-refractivity contribution in [3.05, 3.63) is 35.9 Å². The van der Waals surface area contributed by atoms with Crippen molar-refractivity contribution in [2.24, 2.45) is 0 Å². The fourth-order valence-corrected chi connectivity index (χ4v) is 1.19.